The molecule has 1 aliphatic heterocycles. The summed E-state index contributed by atoms with van der Waals surface area (Å²) in [6.45, 7) is 14.1. The highest BCUT2D eigenvalue weighted by atomic mass is 16.2. The van der Waals surface area contributed by atoms with E-state index in [4.69, 9.17) is 0 Å². The summed E-state index contributed by atoms with van der Waals surface area (Å²) >= 11 is 0. The van der Waals surface area contributed by atoms with E-state index in [9.17, 15) is 24.0 Å². The number of fused-ring (bicyclic) bond motifs is 1. The zero-order chi connectivity index (χ0) is 28.9. The van der Waals surface area contributed by atoms with Gasteiger partial charge in [0.1, 0.15) is 12.1 Å². The lowest BCUT2D eigenvalue weighted by atomic mass is 9.94. The van der Waals surface area contributed by atoms with Crippen molar-refractivity contribution in [1.29, 1.82) is 0 Å². The highest BCUT2D eigenvalue weighted by molar-refractivity contribution is 6.38. The van der Waals surface area contributed by atoms with E-state index in [2.05, 4.69) is 41.7 Å². The Kier molecular flexibility index (Phi) is 10.2. The quantitative estimate of drug-likeness (QED) is 0.208. The summed E-state index contributed by atoms with van der Waals surface area (Å²) in [4.78, 5) is 67.4. The number of Topliss-reactive ketones (excluding diaryl/α,β-unsaturated/α-hetero) is 1. The van der Waals surface area contributed by atoms with Crippen LogP contribution >= 0.6 is 0 Å². The van der Waals surface area contributed by atoms with Crippen LogP contribution < -0.4 is 21.3 Å². The molecule has 3 rings (SSSR count). The number of amides is 5. The van der Waals surface area contributed by atoms with Crippen LogP contribution in [-0.4, -0.2) is 71.7 Å². The van der Waals surface area contributed by atoms with Crippen LogP contribution in [-0.2, 0) is 19.2 Å². The van der Waals surface area contributed by atoms with E-state index in [1.807, 2.05) is 20.8 Å². The molecule has 2 saturated carbocycles. The van der Waals surface area contributed by atoms with Crippen molar-refractivity contribution in [3.63, 3.8) is 0 Å². The molecule has 4 N–H and O–H groups in total. The number of nitrogens with zero attached hydrogens (tertiary/aromatic N) is 1. The molecule has 10 heteroatoms. The van der Waals surface area contributed by atoms with Crippen LogP contribution in [0.25, 0.3) is 0 Å². The number of hydrogen-bond acceptors (Lipinski definition) is 5. The fourth-order valence-electron chi connectivity index (χ4n) is 6.40. The van der Waals surface area contributed by atoms with Gasteiger partial charge in [0.2, 0.25) is 17.6 Å². The summed E-state index contributed by atoms with van der Waals surface area (Å²) in [6, 6.07) is -2.86. The van der Waals surface area contributed by atoms with E-state index in [1.165, 1.54) is 6.08 Å². The van der Waals surface area contributed by atoms with Gasteiger partial charge in [-0.2, -0.15) is 0 Å². The van der Waals surface area contributed by atoms with Gasteiger partial charge in [-0.1, -0.05) is 53.0 Å². The predicted molar refractivity (Wildman–Crippen MR) is 148 cm³/mol. The molecule has 0 spiro atoms. The van der Waals surface area contributed by atoms with E-state index in [0.29, 0.717) is 19.4 Å². The van der Waals surface area contributed by atoms with E-state index in [0.717, 1.165) is 32.1 Å². The minimum atomic E-state index is -0.977. The lowest BCUT2D eigenvalue weighted by Crippen LogP contribution is -2.60. The van der Waals surface area contributed by atoms with Gasteiger partial charge in [0.25, 0.3) is 5.91 Å². The molecule has 39 heavy (non-hydrogen) atoms. The zero-order valence-electron chi connectivity index (χ0n) is 24.2. The van der Waals surface area contributed by atoms with Gasteiger partial charge in [-0.15, -0.1) is 6.58 Å². The first-order chi connectivity index (χ1) is 18.5. The van der Waals surface area contributed by atoms with Crippen LogP contribution in [0.2, 0.25) is 0 Å². The third-order valence-corrected chi connectivity index (χ3v) is 9.02. The molecule has 218 valence electrons. The molecule has 1 saturated heterocycles. The van der Waals surface area contributed by atoms with Crippen LogP contribution in [0.1, 0.15) is 79.6 Å². The van der Waals surface area contributed by atoms with Gasteiger partial charge in [0.15, 0.2) is 0 Å². The fraction of sp³-hybridized carbons (Fsp3) is 0.759. The van der Waals surface area contributed by atoms with Crippen molar-refractivity contribution < 1.29 is 24.0 Å². The molecule has 0 aromatic heterocycles. The molecule has 1 heterocycles. The second-order valence-electron chi connectivity index (χ2n) is 12.1. The molecule has 0 aromatic rings. The number of urea groups is 1. The molecule has 3 fully saturated rings. The van der Waals surface area contributed by atoms with Crippen molar-refractivity contribution in [2.75, 3.05) is 13.1 Å². The first-order valence-electron chi connectivity index (χ1n) is 14.6. The summed E-state index contributed by atoms with van der Waals surface area (Å²) in [5.41, 5.74) is -0.116. The number of likely N-dealkylation sites (tertiary alicyclic amines) is 1. The minimum Gasteiger partial charge on any atom is -0.346 e. The lowest BCUT2D eigenvalue weighted by Gasteiger charge is -2.35. The Bertz CT molecular complexity index is 960. The van der Waals surface area contributed by atoms with Gasteiger partial charge in [-0.25, -0.2) is 4.79 Å². The van der Waals surface area contributed by atoms with Crippen LogP contribution in [0.5, 0.6) is 0 Å². The first-order valence-corrected chi connectivity index (χ1v) is 14.6. The van der Waals surface area contributed by atoms with Crippen LogP contribution in [0.4, 0.5) is 4.79 Å². The highest BCUT2D eigenvalue weighted by Gasteiger charge is 2.69. The lowest BCUT2D eigenvalue weighted by molar-refractivity contribution is -0.144. The number of carbonyl (C=O) groups excluding carboxylic acids is 5. The number of hydrogen-bond donors (Lipinski definition) is 4. The Labute approximate surface area is 232 Å². The summed E-state index contributed by atoms with van der Waals surface area (Å²) in [5.74, 6) is -2.02. The second-order valence-corrected chi connectivity index (χ2v) is 12.1. The standard InChI is InChI=1S/C29H47N5O5/c1-7-12-20(24(35)26(37)30-15-8-2)32-25(36)23-21-19(29(21,5)6)16-34(23)27(38)22(18-13-10-11-14-18)33-28(39)31-17(4)9-3/h8,17-23H,2,7,9-16H2,1,3-6H3,(H,30,37)(H,32,36)(H2,31,33,39)/t17?,19?,20?,21?,22-,23?/m0/s1. The van der Waals surface area contributed by atoms with E-state index in [-0.39, 0.29) is 47.7 Å². The predicted octanol–water partition coefficient (Wildman–Crippen LogP) is 2.28. The summed E-state index contributed by atoms with van der Waals surface area (Å²) < 4.78 is 0. The number of rotatable bonds is 13. The van der Waals surface area contributed by atoms with Gasteiger partial charge in [-0.05, 0) is 55.8 Å². The number of piperidine rings is 1. The zero-order valence-corrected chi connectivity index (χ0v) is 24.2. The smallest absolute Gasteiger partial charge is 0.315 e. The minimum absolute atomic E-state index is 0.0109. The maximum absolute atomic E-state index is 14.1. The fourth-order valence-corrected chi connectivity index (χ4v) is 6.40. The summed E-state index contributed by atoms with van der Waals surface area (Å²) in [7, 11) is 0. The van der Waals surface area contributed by atoms with Crippen molar-refractivity contribution in [2.45, 2.75) is 104 Å². The average Bonchev–Trinajstić information content (AvgIpc) is 3.36. The molecule has 0 radical (unpaired) electrons. The SMILES string of the molecule is C=CCNC(=O)C(=O)C(CCC)NC(=O)C1C2C(CN1C(=O)[C@@H](NC(=O)NC(C)CC)C1CCCC1)C2(C)C. The van der Waals surface area contributed by atoms with Crippen LogP contribution in [0.3, 0.4) is 0 Å². The molecule has 0 bridgehead atoms. The first kappa shape index (κ1) is 30.6. The Balaban J connectivity index is 1.81. The average molecular weight is 546 g/mol. The van der Waals surface area contributed by atoms with Crippen molar-refractivity contribution >= 4 is 29.5 Å². The highest BCUT2D eigenvalue weighted by Crippen LogP contribution is 2.65. The number of ketones is 1. The third-order valence-electron chi connectivity index (χ3n) is 9.02. The summed E-state index contributed by atoms with van der Waals surface area (Å²) in [5, 5.41) is 11.1. The van der Waals surface area contributed by atoms with Crippen molar-refractivity contribution in [3.05, 3.63) is 12.7 Å². The number of nitrogens with one attached hydrogen (secondary N) is 4. The third kappa shape index (κ3) is 6.81. The van der Waals surface area contributed by atoms with E-state index in [1.54, 1.807) is 4.90 Å². The van der Waals surface area contributed by atoms with Crippen molar-refractivity contribution in [3.8, 4) is 0 Å². The molecular weight excluding hydrogens is 498 g/mol. The maximum Gasteiger partial charge on any atom is 0.315 e. The largest absolute Gasteiger partial charge is 0.346 e. The number of carbonyl (C=O) groups is 5. The maximum atomic E-state index is 14.1. The summed E-state index contributed by atoms with van der Waals surface area (Å²) in [6.07, 6.45) is 6.84. The van der Waals surface area contributed by atoms with Gasteiger partial charge in [0.05, 0.1) is 6.04 Å². The second kappa shape index (κ2) is 13.0. The Hall–Kier alpha value is -2.91. The molecular formula is C29H47N5O5. The van der Waals surface area contributed by atoms with E-state index >= 15 is 0 Å². The van der Waals surface area contributed by atoms with Crippen LogP contribution in [0.15, 0.2) is 12.7 Å². The monoisotopic (exact) mass is 545 g/mol. The van der Waals surface area contributed by atoms with Crippen LogP contribution in [0, 0.1) is 23.2 Å². The molecule has 0 aromatic carbocycles. The molecule has 5 unspecified atom stereocenters. The Morgan fingerprint density at radius 2 is 1.72 bits per heavy atom. The van der Waals surface area contributed by atoms with Gasteiger partial charge < -0.3 is 26.2 Å². The topological polar surface area (TPSA) is 137 Å². The normalized spacial score (nSPS) is 25.6. The Morgan fingerprint density at radius 1 is 1.05 bits per heavy atom. The molecule has 2 aliphatic carbocycles. The molecule has 6 atom stereocenters. The van der Waals surface area contributed by atoms with Gasteiger partial charge in [-0.3, -0.25) is 19.2 Å². The van der Waals surface area contributed by atoms with Crippen molar-refractivity contribution in [2.24, 2.45) is 23.2 Å². The van der Waals surface area contributed by atoms with E-state index < -0.39 is 35.7 Å². The Morgan fingerprint density at radius 3 is 2.31 bits per heavy atom. The van der Waals surface area contributed by atoms with Crippen molar-refractivity contribution in [1.82, 2.24) is 26.2 Å². The molecule has 10 nitrogen and oxygen atoms in total. The molecule has 3 aliphatic rings. The van der Waals surface area contributed by atoms with Gasteiger partial charge in [0, 0.05) is 19.1 Å². The van der Waals surface area contributed by atoms with Gasteiger partial charge >= 0.3 is 6.03 Å². The molecule has 5 amide bonds.